The van der Waals surface area contributed by atoms with E-state index in [2.05, 4.69) is 57.5 Å². The van der Waals surface area contributed by atoms with Crippen LogP contribution in [0.1, 0.15) is 51.7 Å². The van der Waals surface area contributed by atoms with Crippen molar-refractivity contribution in [2.75, 3.05) is 13.1 Å². The van der Waals surface area contributed by atoms with Crippen molar-refractivity contribution in [1.29, 1.82) is 0 Å². The van der Waals surface area contributed by atoms with Crippen LogP contribution in [0.5, 0.6) is 0 Å². The molecule has 0 unspecified atom stereocenters. The third kappa shape index (κ3) is 6.06. The fraction of sp³-hybridized carbons (Fsp3) is 0.667. The number of aryl methyl sites for hydroxylation is 1. The number of hydrogen-bond acceptors (Lipinski definition) is 3. The summed E-state index contributed by atoms with van der Waals surface area (Å²) in [5.41, 5.74) is 1.36. The Balaban J connectivity index is 2.69. The number of nitrogens with one attached hydrogen (secondary N) is 1. The van der Waals surface area contributed by atoms with E-state index in [9.17, 15) is 0 Å². The molecule has 0 spiro atoms. The van der Waals surface area contributed by atoms with E-state index in [-0.39, 0.29) is 5.54 Å². The van der Waals surface area contributed by atoms with E-state index < -0.39 is 0 Å². The van der Waals surface area contributed by atoms with Gasteiger partial charge in [0.05, 0.1) is 6.54 Å². The smallest absolute Gasteiger partial charge is 0.118 e. The molecular weight excluding hydrogens is 260 g/mol. The predicted octanol–water partition coefficient (Wildman–Crippen LogP) is 4.12. The van der Waals surface area contributed by atoms with Crippen LogP contribution in [0.2, 0.25) is 0 Å². The summed E-state index contributed by atoms with van der Waals surface area (Å²) in [5, 5.41) is 3.47. The van der Waals surface area contributed by atoms with Crippen molar-refractivity contribution in [3.8, 4) is 0 Å². The molecular formula is C18H32N2O. The van der Waals surface area contributed by atoms with Gasteiger partial charge in [0.1, 0.15) is 11.5 Å². The number of nitrogens with zero attached hydrogens (tertiary/aromatic N) is 1. The van der Waals surface area contributed by atoms with E-state index in [1.807, 2.05) is 13.0 Å². The van der Waals surface area contributed by atoms with E-state index in [1.54, 1.807) is 0 Å². The average Bonchev–Trinajstić information content (AvgIpc) is 2.68. The SMILES string of the molecule is C=CCN(Cc1cc(CNCC(C)C)c(C)o1)C(C)(C)C. The first kappa shape index (κ1) is 18.0. The number of hydrogen-bond donors (Lipinski definition) is 1. The van der Waals surface area contributed by atoms with Crippen LogP contribution in [-0.2, 0) is 13.1 Å². The normalized spacial score (nSPS) is 12.4. The van der Waals surface area contributed by atoms with Crippen LogP contribution >= 0.6 is 0 Å². The van der Waals surface area contributed by atoms with Gasteiger partial charge in [0.15, 0.2) is 0 Å². The molecule has 0 atom stereocenters. The summed E-state index contributed by atoms with van der Waals surface area (Å²) in [7, 11) is 0. The van der Waals surface area contributed by atoms with Gasteiger partial charge in [-0.25, -0.2) is 0 Å². The van der Waals surface area contributed by atoms with E-state index in [0.29, 0.717) is 5.92 Å². The highest BCUT2D eigenvalue weighted by molar-refractivity contribution is 5.21. The largest absolute Gasteiger partial charge is 0.465 e. The molecule has 0 radical (unpaired) electrons. The standard InChI is InChI=1S/C18H32N2O/c1-8-9-20(18(5,6)7)13-17-10-16(15(4)21-17)12-19-11-14(2)3/h8,10,14,19H,1,9,11-13H2,2-7H3. The molecule has 0 aromatic carbocycles. The Morgan fingerprint density at radius 1 is 1.38 bits per heavy atom. The van der Waals surface area contributed by atoms with Gasteiger partial charge in [0.2, 0.25) is 0 Å². The summed E-state index contributed by atoms with van der Waals surface area (Å²) < 4.78 is 5.93. The second-order valence-electron chi connectivity index (χ2n) is 7.16. The summed E-state index contributed by atoms with van der Waals surface area (Å²) >= 11 is 0. The van der Waals surface area contributed by atoms with Crippen LogP contribution in [0, 0.1) is 12.8 Å². The topological polar surface area (TPSA) is 28.4 Å². The zero-order chi connectivity index (χ0) is 16.0. The minimum atomic E-state index is 0.102. The van der Waals surface area contributed by atoms with Gasteiger partial charge in [0.25, 0.3) is 0 Å². The third-order valence-electron chi connectivity index (χ3n) is 3.58. The minimum absolute atomic E-state index is 0.102. The molecule has 3 heteroatoms. The third-order valence-corrected chi connectivity index (χ3v) is 3.58. The van der Waals surface area contributed by atoms with Gasteiger partial charge in [0, 0.05) is 24.2 Å². The maximum Gasteiger partial charge on any atom is 0.118 e. The quantitative estimate of drug-likeness (QED) is 0.731. The van der Waals surface area contributed by atoms with Gasteiger partial charge in [-0.05, 0) is 46.2 Å². The van der Waals surface area contributed by atoms with Crippen molar-refractivity contribution in [3.05, 3.63) is 35.8 Å². The highest BCUT2D eigenvalue weighted by Gasteiger charge is 2.21. The van der Waals surface area contributed by atoms with Gasteiger partial charge in [-0.15, -0.1) is 6.58 Å². The highest BCUT2D eigenvalue weighted by Crippen LogP contribution is 2.21. The second kappa shape index (κ2) is 7.81. The molecule has 3 nitrogen and oxygen atoms in total. The molecule has 0 aliphatic rings. The van der Waals surface area contributed by atoms with Crippen LogP contribution in [0.4, 0.5) is 0 Å². The Labute approximate surface area is 130 Å². The number of rotatable bonds is 8. The van der Waals surface area contributed by atoms with Crippen molar-refractivity contribution in [2.45, 2.75) is 60.2 Å². The number of furan rings is 1. The Hall–Kier alpha value is -1.06. The van der Waals surface area contributed by atoms with Crippen LogP contribution in [0.3, 0.4) is 0 Å². The van der Waals surface area contributed by atoms with Crippen LogP contribution in [0.15, 0.2) is 23.1 Å². The zero-order valence-corrected chi connectivity index (χ0v) is 14.6. The summed E-state index contributed by atoms with van der Waals surface area (Å²) in [4.78, 5) is 2.36. The lowest BCUT2D eigenvalue weighted by Crippen LogP contribution is -2.40. The van der Waals surface area contributed by atoms with Gasteiger partial charge in [-0.3, -0.25) is 4.90 Å². The van der Waals surface area contributed by atoms with Crippen molar-refractivity contribution >= 4 is 0 Å². The molecule has 0 saturated heterocycles. The Bertz CT molecular complexity index is 441. The molecule has 0 amide bonds. The average molecular weight is 292 g/mol. The van der Waals surface area contributed by atoms with Gasteiger partial charge in [-0.1, -0.05) is 19.9 Å². The fourth-order valence-electron chi connectivity index (χ4n) is 2.26. The van der Waals surface area contributed by atoms with Crippen LogP contribution < -0.4 is 5.32 Å². The van der Waals surface area contributed by atoms with E-state index >= 15 is 0 Å². The van der Waals surface area contributed by atoms with Gasteiger partial charge < -0.3 is 9.73 Å². The minimum Gasteiger partial charge on any atom is -0.465 e. The molecule has 1 heterocycles. The first-order valence-electron chi connectivity index (χ1n) is 7.89. The van der Waals surface area contributed by atoms with Gasteiger partial charge >= 0.3 is 0 Å². The lowest BCUT2D eigenvalue weighted by molar-refractivity contribution is 0.134. The molecule has 0 aliphatic carbocycles. The van der Waals surface area contributed by atoms with E-state index in [4.69, 9.17) is 4.42 Å². The van der Waals surface area contributed by atoms with E-state index in [1.165, 1.54) is 5.56 Å². The van der Waals surface area contributed by atoms with Crippen molar-refractivity contribution in [3.63, 3.8) is 0 Å². The lowest BCUT2D eigenvalue weighted by Gasteiger charge is -2.34. The van der Waals surface area contributed by atoms with Crippen molar-refractivity contribution in [2.24, 2.45) is 5.92 Å². The molecule has 0 aliphatic heterocycles. The molecule has 1 aromatic heterocycles. The molecule has 1 aromatic rings. The molecule has 1 rings (SSSR count). The molecule has 0 fully saturated rings. The molecule has 21 heavy (non-hydrogen) atoms. The van der Waals surface area contributed by atoms with Gasteiger partial charge in [-0.2, -0.15) is 0 Å². The first-order chi connectivity index (χ1) is 9.74. The second-order valence-corrected chi connectivity index (χ2v) is 7.16. The summed E-state index contributed by atoms with van der Waals surface area (Å²) in [6.07, 6.45) is 1.95. The maximum absolute atomic E-state index is 5.93. The summed E-state index contributed by atoms with van der Waals surface area (Å²) in [5.74, 6) is 2.72. The Morgan fingerprint density at radius 3 is 2.57 bits per heavy atom. The van der Waals surface area contributed by atoms with E-state index in [0.717, 1.165) is 37.7 Å². The Kier molecular flexibility index (Phi) is 6.69. The summed E-state index contributed by atoms with van der Waals surface area (Å²) in [6, 6.07) is 2.19. The maximum atomic E-state index is 5.93. The zero-order valence-electron chi connectivity index (χ0n) is 14.6. The first-order valence-corrected chi connectivity index (χ1v) is 7.89. The van der Waals surface area contributed by atoms with Crippen molar-refractivity contribution < 1.29 is 4.42 Å². The predicted molar refractivity (Wildman–Crippen MR) is 90.3 cm³/mol. The fourth-order valence-corrected chi connectivity index (χ4v) is 2.26. The highest BCUT2D eigenvalue weighted by atomic mass is 16.3. The molecule has 0 saturated carbocycles. The Morgan fingerprint density at radius 2 is 2.05 bits per heavy atom. The molecule has 0 bridgehead atoms. The van der Waals surface area contributed by atoms with Crippen LogP contribution in [0.25, 0.3) is 0 Å². The summed E-state index contributed by atoms with van der Waals surface area (Å²) in [6.45, 7) is 20.6. The molecule has 1 N–H and O–H groups in total. The monoisotopic (exact) mass is 292 g/mol. The van der Waals surface area contributed by atoms with Crippen LogP contribution in [-0.4, -0.2) is 23.5 Å². The molecule has 120 valence electrons. The van der Waals surface area contributed by atoms with Crippen molar-refractivity contribution in [1.82, 2.24) is 10.2 Å². The lowest BCUT2D eigenvalue weighted by atomic mass is 10.1.